The number of hydrogen-bond acceptors (Lipinski definition) is 4. The first-order valence-electron chi connectivity index (χ1n) is 6.98. The second kappa shape index (κ2) is 6.78. The average Bonchev–Trinajstić information content (AvgIpc) is 2.51. The summed E-state index contributed by atoms with van der Waals surface area (Å²) in [6.45, 7) is 2.08. The maximum Gasteiger partial charge on any atom is 0.416 e. The summed E-state index contributed by atoms with van der Waals surface area (Å²) in [5, 5.41) is 7.99. The van der Waals surface area contributed by atoms with E-state index in [1.165, 1.54) is 30.5 Å². The van der Waals surface area contributed by atoms with Crippen LogP contribution in [0.3, 0.4) is 0 Å². The number of alkyl halides is 3. The van der Waals surface area contributed by atoms with Crippen molar-refractivity contribution in [1.82, 2.24) is 4.98 Å². The summed E-state index contributed by atoms with van der Waals surface area (Å²) in [4.78, 5) is 3.80. The normalized spacial score (nSPS) is 13.5. The van der Waals surface area contributed by atoms with Gasteiger partial charge in [0.05, 0.1) is 5.56 Å². The zero-order valence-corrected chi connectivity index (χ0v) is 13.5. The van der Waals surface area contributed by atoms with Crippen molar-refractivity contribution in [2.24, 2.45) is 5.14 Å². The number of rotatable bonds is 5. The van der Waals surface area contributed by atoms with Crippen LogP contribution in [-0.2, 0) is 16.2 Å². The molecule has 0 bridgehead atoms. The lowest BCUT2D eigenvalue weighted by Crippen LogP contribution is -2.18. The quantitative estimate of drug-likeness (QED) is 0.859. The molecule has 0 radical (unpaired) electrons. The number of aromatic nitrogens is 1. The van der Waals surface area contributed by atoms with Crippen molar-refractivity contribution >= 4 is 15.8 Å². The Hall–Kier alpha value is -2.13. The summed E-state index contributed by atoms with van der Waals surface area (Å²) in [5.41, 5.74) is -0.0313. The molecule has 0 aliphatic rings. The van der Waals surface area contributed by atoms with Crippen LogP contribution >= 0.6 is 0 Å². The van der Waals surface area contributed by atoms with E-state index >= 15 is 0 Å². The van der Waals surface area contributed by atoms with E-state index in [2.05, 4.69) is 10.3 Å². The Morgan fingerprint density at radius 2 is 1.83 bits per heavy atom. The van der Waals surface area contributed by atoms with Crippen molar-refractivity contribution in [1.29, 1.82) is 0 Å². The van der Waals surface area contributed by atoms with Crippen LogP contribution in [0.1, 0.15) is 24.0 Å². The highest BCUT2D eigenvalue weighted by molar-refractivity contribution is 7.89. The molecule has 0 saturated carbocycles. The summed E-state index contributed by atoms with van der Waals surface area (Å²) < 4.78 is 60.7. The van der Waals surface area contributed by atoms with Gasteiger partial charge in [-0.3, -0.25) is 0 Å². The second-order valence-electron chi connectivity index (χ2n) is 5.30. The van der Waals surface area contributed by atoms with Gasteiger partial charge < -0.3 is 5.32 Å². The monoisotopic (exact) mass is 359 g/mol. The number of nitrogens with one attached hydrogen (secondary N) is 1. The predicted octanol–water partition coefficient (Wildman–Crippen LogP) is 2.96. The molecule has 0 aliphatic carbocycles. The molecule has 3 N–H and O–H groups in total. The molecule has 24 heavy (non-hydrogen) atoms. The maximum atomic E-state index is 12.6. The lowest BCUT2D eigenvalue weighted by atomic mass is 9.99. The molecule has 2 rings (SSSR count). The van der Waals surface area contributed by atoms with E-state index in [0.717, 1.165) is 12.1 Å². The minimum Gasteiger partial charge on any atom is -0.368 e. The van der Waals surface area contributed by atoms with Gasteiger partial charge in [0.2, 0.25) is 10.0 Å². The van der Waals surface area contributed by atoms with Gasteiger partial charge in [-0.2, -0.15) is 13.2 Å². The number of anilines is 1. The van der Waals surface area contributed by atoms with Crippen molar-refractivity contribution < 1.29 is 21.6 Å². The fraction of sp³-hybridized carbons (Fsp3) is 0.267. The number of primary sulfonamides is 1. The molecule has 0 spiro atoms. The lowest BCUT2D eigenvalue weighted by Gasteiger charge is -2.16. The number of sulfonamides is 1. The van der Waals surface area contributed by atoms with Gasteiger partial charge in [0, 0.05) is 12.7 Å². The number of pyridine rings is 1. The smallest absolute Gasteiger partial charge is 0.368 e. The largest absolute Gasteiger partial charge is 0.416 e. The summed E-state index contributed by atoms with van der Waals surface area (Å²) in [6, 6.07) is 7.60. The van der Waals surface area contributed by atoms with Crippen molar-refractivity contribution in [3.05, 3.63) is 53.7 Å². The fourth-order valence-corrected chi connectivity index (χ4v) is 2.78. The van der Waals surface area contributed by atoms with Crippen LogP contribution in [0.2, 0.25) is 0 Å². The Labute approximate surface area is 137 Å². The fourth-order valence-electron chi connectivity index (χ4n) is 2.12. The Morgan fingerprint density at radius 1 is 1.21 bits per heavy atom. The highest BCUT2D eigenvalue weighted by Gasteiger charge is 2.30. The van der Waals surface area contributed by atoms with Crippen LogP contribution in [-0.4, -0.2) is 19.9 Å². The van der Waals surface area contributed by atoms with Crippen LogP contribution in [0.25, 0.3) is 0 Å². The summed E-state index contributed by atoms with van der Waals surface area (Å²) in [7, 11) is -3.92. The van der Waals surface area contributed by atoms with E-state index in [0.29, 0.717) is 5.56 Å². The van der Waals surface area contributed by atoms with Gasteiger partial charge in [-0.1, -0.05) is 19.1 Å². The Kier molecular flexibility index (Phi) is 5.14. The van der Waals surface area contributed by atoms with E-state index < -0.39 is 21.8 Å². The Morgan fingerprint density at radius 3 is 2.38 bits per heavy atom. The van der Waals surface area contributed by atoms with Gasteiger partial charge in [0.15, 0.2) is 0 Å². The lowest BCUT2D eigenvalue weighted by molar-refractivity contribution is -0.137. The van der Waals surface area contributed by atoms with Crippen molar-refractivity contribution in [2.45, 2.75) is 23.9 Å². The second-order valence-corrected chi connectivity index (χ2v) is 6.83. The summed E-state index contributed by atoms with van der Waals surface area (Å²) in [6.07, 6.45) is -2.96. The van der Waals surface area contributed by atoms with Crippen molar-refractivity contribution in [3.8, 4) is 0 Å². The van der Waals surface area contributed by atoms with Crippen LogP contribution in [0.15, 0.2) is 47.5 Å². The van der Waals surface area contributed by atoms with E-state index in [4.69, 9.17) is 5.14 Å². The van der Waals surface area contributed by atoms with Gasteiger partial charge in [-0.15, -0.1) is 0 Å². The third-order valence-corrected chi connectivity index (χ3v) is 4.40. The molecule has 0 amide bonds. The minimum atomic E-state index is -4.38. The Bertz CT molecular complexity index is 805. The topological polar surface area (TPSA) is 85.1 Å². The first-order valence-corrected chi connectivity index (χ1v) is 8.52. The zero-order chi connectivity index (χ0) is 18.0. The standard InChI is InChI=1S/C15H16F3N3O2S/c1-10(11-4-6-12(7-5-11)15(16,17)18)9-21-14-13(24(19,22)23)3-2-8-20-14/h2-8,10H,9H2,1H3,(H,20,21)(H2,19,22,23). The SMILES string of the molecule is CC(CNc1ncccc1S(N)(=O)=O)c1ccc(C(F)(F)F)cc1. The minimum absolute atomic E-state index is 0.110. The van der Waals surface area contributed by atoms with Gasteiger partial charge in [-0.05, 0) is 35.7 Å². The van der Waals surface area contributed by atoms with Crippen LogP contribution in [0.4, 0.5) is 19.0 Å². The summed E-state index contributed by atoms with van der Waals surface area (Å²) in [5.74, 6) is -0.0543. The maximum absolute atomic E-state index is 12.6. The van der Waals surface area contributed by atoms with Crippen molar-refractivity contribution in [3.63, 3.8) is 0 Å². The van der Waals surface area contributed by atoms with Crippen LogP contribution in [0.5, 0.6) is 0 Å². The highest BCUT2D eigenvalue weighted by Crippen LogP contribution is 2.30. The molecule has 5 nitrogen and oxygen atoms in total. The molecule has 1 unspecified atom stereocenters. The van der Waals surface area contributed by atoms with E-state index in [-0.39, 0.29) is 23.2 Å². The van der Waals surface area contributed by atoms with E-state index in [9.17, 15) is 21.6 Å². The molecule has 1 atom stereocenters. The third-order valence-electron chi connectivity index (χ3n) is 3.46. The molecule has 1 aromatic carbocycles. The average molecular weight is 359 g/mol. The number of benzene rings is 1. The molecular formula is C15H16F3N3O2S. The predicted molar refractivity (Wildman–Crippen MR) is 84.0 cm³/mol. The molecule has 1 heterocycles. The molecular weight excluding hydrogens is 343 g/mol. The van der Waals surface area contributed by atoms with Gasteiger partial charge in [-0.25, -0.2) is 18.5 Å². The zero-order valence-electron chi connectivity index (χ0n) is 12.7. The van der Waals surface area contributed by atoms with Gasteiger partial charge >= 0.3 is 6.18 Å². The summed E-state index contributed by atoms with van der Waals surface area (Å²) >= 11 is 0. The molecule has 1 aromatic heterocycles. The van der Waals surface area contributed by atoms with Crippen LogP contribution in [0, 0.1) is 0 Å². The Balaban J connectivity index is 2.10. The first-order chi connectivity index (χ1) is 11.1. The molecule has 2 aromatic rings. The molecule has 0 aliphatic heterocycles. The first kappa shape index (κ1) is 18.2. The van der Waals surface area contributed by atoms with Crippen LogP contribution < -0.4 is 10.5 Å². The van der Waals surface area contributed by atoms with Gasteiger partial charge in [0.25, 0.3) is 0 Å². The van der Waals surface area contributed by atoms with E-state index in [1.54, 1.807) is 6.92 Å². The molecule has 9 heteroatoms. The molecule has 0 fully saturated rings. The molecule has 130 valence electrons. The number of hydrogen-bond donors (Lipinski definition) is 2. The van der Waals surface area contributed by atoms with Crippen molar-refractivity contribution in [2.75, 3.05) is 11.9 Å². The number of nitrogens with zero attached hydrogens (tertiary/aromatic N) is 1. The number of nitrogens with two attached hydrogens (primary N) is 1. The third kappa shape index (κ3) is 4.45. The highest BCUT2D eigenvalue weighted by atomic mass is 32.2. The molecule has 0 saturated heterocycles. The van der Waals surface area contributed by atoms with E-state index in [1.807, 2.05) is 0 Å². The van der Waals surface area contributed by atoms with Gasteiger partial charge in [0.1, 0.15) is 10.7 Å². The number of halogens is 3.